The molecule has 1 atom stereocenters. The summed E-state index contributed by atoms with van der Waals surface area (Å²) in [6.45, 7) is 2.49. The molecule has 1 aromatic heterocycles. The van der Waals surface area contributed by atoms with Crippen molar-refractivity contribution in [3.8, 4) is 5.69 Å². The number of anilines is 1. The van der Waals surface area contributed by atoms with Crippen molar-refractivity contribution in [3.63, 3.8) is 0 Å². The van der Waals surface area contributed by atoms with Gasteiger partial charge in [-0.3, -0.25) is 4.79 Å². The van der Waals surface area contributed by atoms with Crippen LogP contribution in [0.15, 0.2) is 36.4 Å². The van der Waals surface area contributed by atoms with Crippen molar-refractivity contribution in [2.45, 2.75) is 25.7 Å². The van der Waals surface area contributed by atoms with Crippen molar-refractivity contribution in [1.29, 1.82) is 0 Å². The molecule has 3 rings (SSSR count). The third-order valence-electron chi connectivity index (χ3n) is 4.36. The van der Waals surface area contributed by atoms with E-state index >= 15 is 0 Å². The largest absolute Gasteiger partial charge is 0.384 e. The highest BCUT2D eigenvalue weighted by molar-refractivity contribution is 5.85. The van der Waals surface area contributed by atoms with Gasteiger partial charge in [-0.1, -0.05) is 18.2 Å². The van der Waals surface area contributed by atoms with E-state index in [-0.39, 0.29) is 36.6 Å². The predicted octanol–water partition coefficient (Wildman–Crippen LogP) is 2.35. The molecule has 1 fully saturated rings. The van der Waals surface area contributed by atoms with Crippen LogP contribution in [-0.2, 0) is 11.2 Å². The van der Waals surface area contributed by atoms with E-state index in [0.717, 1.165) is 50.2 Å². The Bertz CT molecular complexity index is 671. The molecule has 1 unspecified atom stereocenters. The van der Waals surface area contributed by atoms with Crippen LogP contribution in [0, 0.1) is 5.92 Å². The van der Waals surface area contributed by atoms with Gasteiger partial charge in [0.15, 0.2) is 0 Å². The van der Waals surface area contributed by atoms with E-state index in [1.165, 1.54) is 0 Å². The van der Waals surface area contributed by atoms with Gasteiger partial charge in [0.1, 0.15) is 5.82 Å². The molecule has 0 radical (unpaired) electrons. The average Bonchev–Trinajstić information content (AvgIpc) is 3.01. The summed E-state index contributed by atoms with van der Waals surface area (Å²) in [5.41, 5.74) is 7.95. The topological polar surface area (TPSA) is 85.0 Å². The lowest BCUT2D eigenvalue weighted by molar-refractivity contribution is -0.125. The average molecular weight is 400 g/mol. The lowest BCUT2D eigenvalue weighted by Gasteiger charge is -2.21. The summed E-state index contributed by atoms with van der Waals surface area (Å²) in [6, 6.07) is 11.8. The van der Waals surface area contributed by atoms with E-state index in [1.54, 1.807) is 4.68 Å². The molecule has 1 aromatic carbocycles. The number of carbonyl (C=O) groups excluding carboxylic acids is 1. The number of nitrogens with zero attached hydrogens (tertiary/aromatic N) is 2. The minimum Gasteiger partial charge on any atom is -0.384 e. The molecule has 0 aliphatic carbocycles. The van der Waals surface area contributed by atoms with Crippen molar-refractivity contribution in [3.05, 3.63) is 42.1 Å². The van der Waals surface area contributed by atoms with Gasteiger partial charge in [-0.15, -0.1) is 24.8 Å². The van der Waals surface area contributed by atoms with Crippen LogP contribution in [0.5, 0.6) is 0 Å². The first-order valence-corrected chi connectivity index (χ1v) is 8.62. The molecule has 144 valence electrons. The summed E-state index contributed by atoms with van der Waals surface area (Å²) in [5.74, 6) is 0.914. The third-order valence-corrected chi connectivity index (χ3v) is 4.36. The fourth-order valence-electron chi connectivity index (χ4n) is 3.05. The van der Waals surface area contributed by atoms with E-state index < -0.39 is 0 Å². The number of halogens is 2. The maximum atomic E-state index is 12.1. The number of nitrogen functional groups attached to an aromatic ring is 1. The molecular formula is C18H27Cl2N5O. The zero-order valence-corrected chi connectivity index (χ0v) is 16.3. The molecule has 1 amide bonds. The van der Waals surface area contributed by atoms with Crippen molar-refractivity contribution >= 4 is 36.5 Å². The van der Waals surface area contributed by atoms with Gasteiger partial charge >= 0.3 is 0 Å². The Balaban J connectivity index is 0.00000169. The van der Waals surface area contributed by atoms with E-state index in [9.17, 15) is 4.79 Å². The summed E-state index contributed by atoms with van der Waals surface area (Å²) >= 11 is 0. The quantitative estimate of drug-likeness (QED) is 0.650. The number of hydrogen-bond acceptors (Lipinski definition) is 4. The number of aryl methyl sites for hydroxylation is 1. The minimum atomic E-state index is 0. The number of nitrogens with one attached hydrogen (secondary N) is 2. The fourth-order valence-corrected chi connectivity index (χ4v) is 3.05. The number of amides is 1. The highest BCUT2D eigenvalue weighted by Gasteiger charge is 2.20. The van der Waals surface area contributed by atoms with E-state index in [2.05, 4.69) is 15.7 Å². The summed E-state index contributed by atoms with van der Waals surface area (Å²) < 4.78 is 1.75. The Kier molecular flexibility index (Phi) is 9.48. The van der Waals surface area contributed by atoms with Crippen LogP contribution < -0.4 is 16.4 Å². The van der Waals surface area contributed by atoms with Crippen LogP contribution in [0.1, 0.15) is 25.0 Å². The number of para-hydroxylation sites is 1. The van der Waals surface area contributed by atoms with Gasteiger partial charge in [-0.2, -0.15) is 5.10 Å². The molecule has 26 heavy (non-hydrogen) atoms. The first kappa shape index (κ1) is 22.3. The predicted molar refractivity (Wildman–Crippen MR) is 109 cm³/mol. The number of rotatable bonds is 6. The second-order valence-electron chi connectivity index (χ2n) is 6.25. The number of aromatic nitrogens is 2. The number of carbonyl (C=O) groups is 1. The zero-order valence-electron chi connectivity index (χ0n) is 14.7. The normalized spacial score (nSPS) is 16.2. The number of hydrogen-bond donors (Lipinski definition) is 3. The molecule has 1 saturated heterocycles. The highest BCUT2D eigenvalue weighted by Crippen LogP contribution is 2.15. The van der Waals surface area contributed by atoms with Gasteiger partial charge in [0.05, 0.1) is 17.3 Å². The molecule has 2 aromatic rings. The Labute approximate surface area is 166 Å². The Hall–Kier alpha value is -1.76. The summed E-state index contributed by atoms with van der Waals surface area (Å²) in [5, 5.41) is 10.9. The zero-order chi connectivity index (χ0) is 16.8. The van der Waals surface area contributed by atoms with Crippen LogP contribution in [-0.4, -0.2) is 35.3 Å². The number of piperidine rings is 1. The second-order valence-corrected chi connectivity index (χ2v) is 6.25. The maximum absolute atomic E-state index is 12.1. The molecule has 4 N–H and O–H groups in total. The second kappa shape index (κ2) is 11.1. The molecule has 1 aliphatic heterocycles. The Morgan fingerprint density at radius 3 is 2.77 bits per heavy atom. The Morgan fingerprint density at radius 2 is 2.08 bits per heavy atom. The minimum absolute atomic E-state index is 0. The van der Waals surface area contributed by atoms with E-state index in [1.807, 2.05) is 36.4 Å². The summed E-state index contributed by atoms with van der Waals surface area (Å²) in [6.07, 6.45) is 3.72. The molecule has 0 spiro atoms. The number of benzene rings is 1. The van der Waals surface area contributed by atoms with Crippen molar-refractivity contribution < 1.29 is 4.79 Å². The molecule has 6 nitrogen and oxygen atoms in total. The van der Waals surface area contributed by atoms with Gasteiger partial charge in [0.2, 0.25) is 5.91 Å². The Morgan fingerprint density at radius 1 is 1.31 bits per heavy atom. The van der Waals surface area contributed by atoms with Crippen LogP contribution in [0.2, 0.25) is 0 Å². The standard InChI is InChI=1S/C18H25N5O.2ClH/c19-17-12-15(22-23(17)16-8-2-1-3-9-16)7-5-11-21-18(24)14-6-4-10-20-13-14;;/h1-3,8-9,12,14,20H,4-7,10-11,13,19H2,(H,21,24);2*1H. The molecule has 0 saturated carbocycles. The van der Waals surface area contributed by atoms with Crippen LogP contribution in [0.3, 0.4) is 0 Å². The van der Waals surface area contributed by atoms with Gasteiger partial charge < -0.3 is 16.4 Å². The first-order valence-electron chi connectivity index (χ1n) is 8.62. The summed E-state index contributed by atoms with van der Waals surface area (Å²) in [4.78, 5) is 12.1. The van der Waals surface area contributed by atoms with Gasteiger partial charge in [-0.25, -0.2) is 4.68 Å². The molecule has 8 heteroatoms. The van der Waals surface area contributed by atoms with E-state index in [4.69, 9.17) is 5.73 Å². The third kappa shape index (κ3) is 5.90. The van der Waals surface area contributed by atoms with Crippen molar-refractivity contribution in [1.82, 2.24) is 20.4 Å². The lowest BCUT2D eigenvalue weighted by Crippen LogP contribution is -2.40. The van der Waals surface area contributed by atoms with Crippen molar-refractivity contribution in [2.75, 3.05) is 25.4 Å². The van der Waals surface area contributed by atoms with Crippen LogP contribution in [0.25, 0.3) is 5.69 Å². The molecule has 2 heterocycles. The van der Waals surface area contributed by atoms with Crippen LogP contribution in [0.4, 0.5) is 5.82 Å². The SMILES string of the molecule is Cl.Cl.Nc1cc(CCCNC(=O)C2CCCNC2)nn1-c1ccccc1. The fraction of sp³-hybridized carbons (Fsp3) is 0.444. The van der Waals surface area contributed by atoms with Crippen LogP contribution >= 0.6 is 24.8 Å². The molecule has 1 aliphatic rings. The van der Waals surface area contributed by atoms with Crippen molar-refractivity contribution in [2.24, 2.45) is 5.92 Å². The van der Waals surface area contributed by atoms with Gasteiger partial charge in [0.25, 0.3) is 0 Å². The summed E-state index contributed by atoms with van der Waals surface area (Å²) in [7, 11) is 0. The van der Waals surface area contributed by atoms with E-state index in [0.29, 0.717) is 12.4 Å². The maximum Gasteiger partial charge on any atom is 0.224 e. The lowest BCUT2D eigenvalue weighted by atomic mass is 9.99. The number of nitrogens with two attached hydrogens (primary N) is 1. The highest BCUT2D eigenvalue weighted by atomic mass is 35.5. The smallest absolute Gasteiger partial charge is 0.224 e. The van der Waals surface area contributed by atoms with Gasteiger partial charge in [0, 0.05) is 19.2 Å². The first-order chi connectivity index (χ1) is 11.7. The monoisotopic (exact) mass is 399 g/mol. The van der Waals surface area contributed by atoms with Gasteiger partial charge in [-0.05, 0) is 44.4 Å². The molecule has 0 bridgehead atoms. The molecular weight excluding hydrogens is 373 g/mol.